The second-order valence-corrected chi connectivity index (χ2v) is 5.17. The summed E-state index contributed by atoms with van der Waals surface area (Å²) in [6.07, 6.45) is 3.64. The van der Waals surface area contributed by atoms with Gasteiger partial charge in [-0.1, -0.05) is 6.42 Å². The van der Waals surface area contributed by atoms with E-state index in [9.17, 15) is 4.79 Å². The van der Waals surface area contributed by atoms with E-state index in [-0.39, 0.29) is 11.9 Å². The fraction of sp³-hybridized carbons (Fsp3) is 0.533. The molecule has 1 amide bonds. The average molecular weight is 278 g/mol. The van der Waals surface area contributed by atoms with Crippen molar-refractivity contribution in [1.29, 1.82) is 0 Å². The van der Waals surface area contributed by atoms with Crippen molar-refractivity contribution in [2.24, 2.45) is 11.7 Å². The zero-order valence-corrected chi connectivity index (χ0v) is 12.0. The fourth-order valence-electron chi connectivity index (χ4n) is 2.66. The maximum Gasteiger partial charge on any atom is 0.224 e. The van der Waals surface area contributed by atoms with E-state index < -0.39 is 0 Å². The average Bonchev–Trinajstić information content (AvgIpc) is 2.84. The van der Waals surface area contributed by atoms with E-state index in [2.05, 4.69) is 5.32 Å². The summed E-state index contributed by atoms with van der Waals surface area (Å²) >= 11 is 0. The Morgan fingerprint density at radius 1 is 1.35 bits per heavy atom. The van der Waals surface area contributed by atoms with Crippen molar-refractivity contribution < 1.29 is 14.3 Å². The lowest BCUT2D eigenvalue weighted by Crippen LogP contribution is -2.28. The van der Waals surface area contributed by atoms with Gasteiger partial charge in [0.2, 0.25) is 5.91 Å². The number of anilines is 1. The normalized spacial score (nSPS) is 21.6. The third kappa shape index (κ3) is 3.42. The van der Waals surface area contributed by atoms with Gasteiger partial charge in [0.15, 0.2) is 0 Å². The number of carbonyl (C=O) groups is 1. The summed E-state index contributed by atoms with van der Waals surface area (Å²) in [5.41, 5.74) is 6.65. The monoisotopic (exact) mass is 278 g/mol. The van der Waals surface area contributed by atoms with Crippen LogP contribution in [0.2, 0.25) is 0 Å². The van der Waals surface area contributed by atoms with Gasteiger partial charge in [0.1, 0.15) is 11.5 Å². The first-order valence-corrected chi connectivity index (χ1v) is 6.91. The number of nitrogens with two attached hydrogens (primary N) is 1. The van der Waals surface area contributed by atoms with Gasteiger partial charge in [-0.2, -0.15) is 0 Å². The Kier molecular flexibility index (Phi) is 4.84. The Morgan fingerprint density at radius 2 is 2.15 bits per heavy atom. The van der Waals surface area contributed by atoms with Crippen LogP contribution in [0.4, 0.5) is 5.69 Å². The molecule has 5 heteroatoms. The quantitative estimate of drug-likeness (QED) is 0.865. The van der Waals surface area contributed by atoms with Gasteiger partial charge in [-0.15, -0.1) is 0 Å². The van der Waals surface area contributed by atoms with Gasteiger partial charge in [-0.05, 0) is 30.9 Å². The third-order valence-electron chi connectivity index (χ3n) is 3.85. The van der Waals surface area contributed by atoms with E-state index >= 15 is 0 Å². The molecule has 0 heterocycles. The van der Waals surface area contributed by atoms with E-state index in [1.165, 1.54) is 0 Å². The molecule has 1 aliphatic rings. The van der Waals surface area contributed by atoms with Gasteiger partial charge in [-0.25, -0.2) is 0 Å². The van der Waals surface area contributed by atoms with Crippen molar-refractivity contribution in [1.82, 2.24) is 0 Å². The van der Waals surface area contributed by atoms with Crippen LogP contribution in [0.3, 0.4) is 0 Å². The van der Waals surface area contributed by atoms with Crippen LogP contribution in [-0.2, 0) is 4.79 Å². The molecule has 3 N–H and O–H groups in total. The second kappa shape index (κ2) is 6.61. The number of methoxy groups -OCH3 is 2. The van der Waals surface area contributed by atoms with Crippen LogP contribution < -0.4 is 20.5 Å². The zero-order chi connectivity index (χ0) is 14.5. The van der Waals surface area contributed by atoms with Crippen LogP contribution in [0.15, 0.2) is 18.2 Å². The molecule has 2 atom stereocenters. The Morgan fingerprint density at radius 3 is 2.75 bits per heavy atom. The number of rotatable bonds is 5. The molecule has 1 saturated carbocycles. The molecule has 0 radical (unpaired) electrons. The number of hydrogen-bond acceptors (Lipinski definition) is 4. The lowest BCUT2D eigenvalue weighted by Gasteiger charge is -2.16. The number of nitrogens with one attached hydrogen (secondary N) is 1. The number of carbonyl (C=O) groups excluding carboxylic acids is 1. The van der Waals surface area contributed by atoms with Crippen molar-refractivity contribution in [2.45, 2.75) is 31.7 Å². The van der Waals surface area contributed by atoms with Gasteiger partial charge >= 0.3 is 0 Å². The standard InChI is InChI=1S/C15H22N2O3/c1-19-11-6-7-13(14(9-11)20-2)17-15(18)8-10-4-3-5-12(10)16/h6-7,9-10,12H,3-5,8,16H2,1-2H3,(H,17,18)/t10-,12+/m0/s1. The lowest BCUT2D eigenvalue weighted by molar-refractivity contribution is -0.117. The molecule has 1 aromatic rings. The molecule has 0 saturated heterocycles. The van der Waals surface area contributed by atoms with E-state index in [0.717, 1.165) is 19.3 Å². The summed E-state index contributed by atoms with van der Waals surface area (Å²) in [5.74, 6) is 1.56. The van der Waals surface area contributed by atoms with Crippen molar-refractivity contribution in [3.63, 3.8) is 0 Å². The molecule has 0 aromatic heterocycles. The van der Waals surface area contributed by atoms with E-state index in [0.29, 0.717) is 29.5 Å². The van der Waals surface area contributed by atoms with Crippen LogP contribution in [0.25, 0.3) is 0 Å². The number of amides is 1. The maximum absolute atomic E-state index is 12.1. The van der Waals surface area contributed by atoms with Crippen LogP contribution >= 0.6 is 0 Å². The van der Waals surface area contributed by atoms with Crippen LogP contribution in [-0.4, -0.2) is 26.2 Å². The van der Waals surface area contributed by atoms with Crippen LogP contribution in [0.5, 0.6) is 11.5 Å². The van der Waals surface area contributed by atoms with Crippen molar-refractivity contribution >= 4 is 11.6 Å². The molecule has 20 heavy (non-hydrogen) atoms. The molecular weight excluding hydrogens is 256 g/mol. The predicted octanol–water partition coefficient (Wildman–Crippen LogP) is 2.16. The molecule has 1 aromatic carbocycles. The molecule has 5 nitrogen and oxygen atoms in total. The van der Waals surface area contributed by atoms with Gasteiger partial charge in [-0.3, -0.25) is 4.79 Å². The third-order valence-corrected chi connectivity index (χ3v) is 3.85. The summed E-state index contributed by atoms with van der Waals surface area (Å²) < 4.78 is 10.4. The van der Waals surface area contributed by atoms with Crippen LogP contribution in [0.1, 0.15) is 25.7 Å². The fourth-order valence-corrected chi connectivity index (χ4v) is 2.66. The van der Waals surface area contributed by atoms with Gasteiger partial charge in [0, 0.05) is 18.5 Å². The maximum atomic E-state index is 12.1. The smallest absolute Gasteiger partial charge is 0.224 e. The highest BCUT2D eigenvalue weighted by Crippen LogP contribution is 2.31. The minimum Gasteiger partial charge on any atom is -0.497 e. The van der Waals surface area contributed by atoms with E-state index in [1.54, 1.807) is 32.4 Å². The number of ether oxygens (including phenoxy) is 2. The lowest BCUT2D eigenvalue weighted by atomic mass is 10.00. The molecular formula is C15H22N2O3. The molecule has 0 spiro atoms. The summed E-state index contributed by atoms with van der Waals surface area (Å²) in [6.45, 7) is 0. The molecule has 2 rings (SSSR count). The number of hydrogen-bond donors (Lipinski definition) is 2. The van der Waals surface area contributed by atoms with Crippen molar-refractivity contribution in [2.75, 3.05) is 19.5 Å². The Labute approximate surface area is 119 Å². The zero-order valence-electron chi connectivity index (χ0n) is 12.0. The predicted molar refractivity (Wildman–Crippen MR) is 78.1 cm³/mol. The summed E-state index contributed by atoms with van der Waals surface area (Å²) in [4.78, 5) is 12.1. The van der Waals surface area contributed by atoms with Gasteiger partial charge in [0.05, 0.1) is 19.9 Å². The molecule has 1 aliphatic carbocycles. The van der Waals surface area contributed by atoms with Crippen LogP contribution in [0, 0.1) is 5.92 Å². The molecule has 110 valence electrons. The minimum atomic E-state index is -0.0178. The van der Waals surface area contributed by atoms with E-state index in [1.807, 2.05) is 0 Å². The first-order chi connectivity index (χ1) is 9.63. The molecule has 0 aliphatic heterocycles. The van der Waals surface area contributed by atoms with Gasteiger partial charge < -0.3 is 20.5 Å². The first-order valence-electron chi connectivity index (χ1n) is 6.91. The minimum absolute atomic E-state index is 0.0178. The first kappa shape index (κ1) is 14.7. The van der Waals surface area contributed by atoms with E-state index in [4.69, 9.17) is 15.2 Å². The molecule has 1 fully saturated rings. The van der Waals surface area contributed by atoms with Crippen molar-refractivity contribution in [3.8, 4) is 11.5 Å². The van der Waals surface area contributed by atoms with Gasteiger partial charge in [0.25, 0.3) is 0 Å². The highest BCUT2D eigenvalue weighted by molar-refractivity contribution is 5.92. The largest absolute Gasteiger partial charge is 0.497 e. The summed E-state index contributed by atoms with van der Waals surface area (Å²) in [7, 11) is 3.16. The second-order valence-electron chi connectivity index (χ2n) is 5.17. The molecule has 0 unspecified atom stereocenters. The van der Waals surface area contributed by atoms with Crippen molar-refractivity contribution in [3.05, 3.63) is 18.2 Å². The summed E-state index contributed by atoms with van der Waals surface area (Å²) in [6, 6.07) is 5.47. The Bertz CT molecular complexity index is 476. The highest BCUT2D eigenvalue weighted by Gasteiger charge is 2.26. The number of benzene rings is 1. The SMILES string of the molecule is COc1ccc(NC(=O)C[C@@H]2CCC[C@H]2N)c(OC)c1. The summed E-state index contributed by atoms with van der Waals surface area (Å²) in [5, 5.41) is 2.89. The highest BCUT2D eigenvalue weighted by atomic mass is 16.5. The Hall–Kier alpha value is -1.75. The Balaban J connectivity index is 2.00. The topological polar surface area (TPSA) is 73.6 Å². The molecule has 0 bridgehead atoms.